The number of allylic oxidation sites excluding steroid dienone is 1. The number of unbranched alkanes of at least 4 members (excludes halogenated alkanes) is 6. The fourth-order valence-electron chi connectivity index (χ4n) is 3.79. The number of methoxy groups -OCH3 is 1. The fourth-order valence-corrected chi connectivity index (χ4v) is 6.55. The molecule has 0 aliphatic rings. The maximum absolute atomic E-state index is 12.7. The van der Waals surface area contributed by atoms with Crippen LogP contribution in [-0.2, 0) is 14.0 Å². The maximum atomic E-state index is 12.7. The number of benzene rings is 1. The molecule has 1 aromatic rings. The van der Waals surface area contributed by atoms with Gasteiger partial charge in [0.15, 0.2) is 8.32 Å². The van der Waals surface area contributed by atoms with E-state index in [9.17, 15) is 4.79 Å². The van der Waals surface area contributed by atoms with E-state index in [0.717, 1.165) is 36.5 Å². The van der Waals surface area contributed by atoms with Gasteiger partial charge in [-0.05, 0) is 36.5 Å². The molecule has 29 heavy (non-hydrogen) atoms. The van der Waals surface area contributed by atoms with E-state index in [1.165, 1.54) is 39.2 Å². The quantitative estimate of drug-likeness (QED) is 0.127. The lowest BCUT2D eigenvalue weighted by atomic mass is 9.99. The van der Waals surface area contributed by atoms with Gasteiger partial charge in [0.2, 0.25) is 0 Å². The summed E-state index contributed by atoms with van der Waals surface area (Å²) in [7, 11) is -0.437. The van der Waals surface area contributed by atoms with Crippen LogP contribution in [0.5, 0.6) is 0 Å². The highest BCUT2D eigenvalue weighted by Crippen LogP contribution is 2.35. The van der Waals surface area contributed by atoms with Gasteiger partial charge in [-0.25, -0.2) is 4.79 Å². The standard InChI is InChI=1S/C25H42O3Si/c1-6-10-11-12-13-14-18-21-23(25(26)27-5)24(22-19-16-15-17-20-22)28-29(7-2,8-3)9-4/h15-17,19-21,24H,6-14,18H2,1-5H3/b23-21-. The molecule has 1 aromatic carbocycles. The number of hydrogen-bond acceptors (Lipinski definition) is 3. The van der Waals surface area contributed by atoms with Crippen molar-refractivity contribution in [3.8, 4) is 0 Å². The van der Waals surface area contributed by atoms with Crippen molar-refractivity contribution in [2.24, 2.45) is 0 Å². The summed E-state index contributed by atoms with van der Waals surface area (Å²) in [6.07, 6.45) is 10.1. The molecule has 1 rings (SSSR count). The summed E-state index contributed by atoms with van der Waals surface area (Å²) in [6.45, 7) is 8.90. The molecule has 0 aliphatic heterocycles. The monoisotopic (exact) mass is 418 g/mol. The van der Waals surface area contributed by atoms with Gasteiger partial charge in [-0.3, -0.25) is 0 Å². The third-order valence-electron chi connectivity index (χ3n) is 6.03. The van der Waals surface area contributed by atoms with E-state index < -0.39 is 8.32 Å². The smallest absolute Gasteiger partial charge is 0.336 e. The third-order valence-corrected chi connectivity index (χ3v) is 10.6. The number of hydrogen-bond donors (Lipinski definition) is 0. The van der Waals surface area contributed by atoms with Crippen LogP contribution in [0.4, 0.5) is 0 Å². The van der Waals surface area contributed by atoms with Crippen LogP contribution in [0.15, 0.2) is 42.0 Å². The van der Waals surface area contributed by atoms with Crippen molar-refractivity contribution >= 4 is 14.3 Å². The number of ether oxygens (including phenoxy) is 1. The SMILES string of the molecule is CCCCCCCC/C=C(\C(=O)OC)C(O[Si](CC)(CC)CC)c1ccccc1. The van der Waals surface area contributed by atoms with Crippen molar-refractivity contribution in [2.45, 2.75) is 96.9 Å². The highest BCUT2D eigenvalue weighted by atomic mass is 28.4. The van der Waals surface area contributed by atoms with Gasteiger partial charge in [0.05, 0.1) is 12.7 Å². The van der Waals surface area contributed by atoms with Gasteiger partial charge >= 0.3 is 5.97 Å². The van der Waals surface area contributed by atoms with E-state index in [0.29, 0.717) is 5.57 Å². The molecule has 0 bridgehead atoms. The lowest BCUT2D eigenvalue weighted by Crippen LogP contribution is -2.38. The second-order valence-corrected chi connectivity index (χ2v) is 12.6. The number of carbonyl (C=O) groups excluding carboxylic acids is 1. The first kappa shape index (κ1) is 25.6. The van der Waals surface area contributed by atoms with E-state index in [-0.39, 0.29) is 12.1 Å². The predicted molar refractivity (Wildman–Crippen MR) is 126 cm³/mol. The van der Waals surface area contributed by atoms with Crippen LogP contribution in [-0.4, -0.2) is 21.4 Å². The van der Waals surface area contributed by atoms with Crippen LogP contribution in [0, 0.1) is 0 Å². The molecule has 0 heterocycles. The highest BCUT2D eigenvalue weighted by Gasteiger charge is 2.35. The van der Waals surface area contributed by atoms with E-state index in [1.54, 1.807) is 0 Å². The van der Waals surface area contributed by atoms with Crippen LogP contribution < -0.4 is 0 Å². The topological polar surface area (TPSA) is 35.5 Å². The lowest BCUT2D eigenvalue weighted by molar-refractivity contribution is -0.137. The second-order valence-electron chi connectivity index (χ2n) is 7.86. The van der Waals surface area contributed by atoms with Crippen LogP contribution in [0.3, 0.4) is 0 Å². The normalized spacial score (nSPS) is 13.3. The number of esters is 1. The molecule has 0 radical (unpaired) electrons. The van der Waals surface area contributed by atoms with Gasteiger partial charge in [0.25, 0.3) is 0 Å². The summed E-state index contributed by atoms with van der Waals surface area (Å²) >= 11 is 0. The molecule has 164 valence electrons. The Kier molecular flexibility index (Phi) is 12.9. The molecular weight excluding hydrogens is 376 g/mol. The minimum atomic E-state index is -1.90. The third kappa shape index (κ3) is 8.47. The predicted octanol–water partition coefficient (Wildman–Crippen LogP) is 7.60. The largest absolute Gasteiger partial charge is 0.466 e. The van der Waals surface area contributed by atoms with Crippen LogP contribution in [0.25, 0.3) is 0 Å². The number of carbonyl (C=O) groups is 1. The van der Waals surface area contributed by atoms with Gasteiger partial charge in [0.1, 0.15) is 6.10 Å². The van der Waals surface area contributed by atoms with Crippen molar-refractivity contribution in [2.75, 3.05) is 7.11 Å². The average molecular weight is 419 g/mol. The minimum absolute atomic E-state index is 0.268. The van der Waals surface area contributed by atoms with Gasteiger partial charge in [-0.15, -0.1) is 0 Å². The van der Waals surface area contributed by atoms with Crippen LogP contribution in [0.2, 0.25) is 18.1 Å². The van der Waals surface area contributed by atoms with Crippen molar-refractivity contribution < 1.29 is 14.0 Å². The molecule has 4 heteroatoms. The van der Waals surface area contributed by atoms with E-state index >= 15 is 0 Å². The Balaban J connectivity index is 3.07. The van der Waals surface area contributed by atoms with E-state index in [2.05, 4.69) is 45.9 Å². The summed E-state index contributed by atoms with van der Waals surface area (Å²) in [5.41, 5.74) is 1.71. The summed E-state index contributed by atoms with van der Waals surface area (Å²) in [5, 5.41) is 0. The van der Waals surface area contributed by atoms with Crippen LogP contribution >= 0.6 is 0 Å². The minimum Gasteiger partial charge on any atom is -0.466 e. The average Bonchev–Trinajstić information content (AvgIpc) is 2.78. The molecule has 0 aliphatic carbocycles. The molecule has 1 unspecified atom stereocenters. The Labute approximate surface area is 180 Å². The molecule has 0 saturated heterocycles. The Morgan fingerprint density at radius 3 is 2.07 bits per heavy atom. The van der Waals surface area contributed by atoms with Gasteiger partial charge in [-0.1, -0.05) is 96.2 Å². The zero-order valence-electron chi connectivity index (χ0n) is 19.3. The molecule has 0 aromatic heterocycles. The van der Waals surface area contributed by atoms with Crippen molar-refractivity contribution in [3.63, 3.8) is 0 Å². The molecule has 3 nitrogen and oxygen atoms in total. The molecule has 0 fully saturated rings. The zero-order chi connectivity index (χ0) is 21.5. The van der Waals surface area contributed by atoms with Crippen molar-refractivity contribution in [1.82, 2.24) is 0 Å². The number of rotatable bonds is 15. The van der Waals surface area contributed by atoms with E-state index in [1.807, 2.05) is 18.2 Å². The molecule has 0 saturated carbocycles. The zero-order valence-corrected chi connectivity index (χ0v) is 20.3. The Morgan fingerprint density at radius 2 is 1.52 bits per heavy atom. The van der Waals surface area contributed by atoms with Crippen molar-refractivity contribution in [3.05, 3.63) is 47.5 Å². The Bertz CT molecular complexity index is 585. The first-order chi connectivity index (χ1) is 14.1. The first-order valence-electron chi connectivity index (χ1n) is 11.6. The molecule has 0 amide bonds. The Morgan fingerprint density at radius 1 is 0.931 bits per heavy atom. The Hall–Kier alpha value is -1.39. The maximum Gasteiger partial charge on any atom is 0.336 e. The first-order valence-corrected chi connectivity index (χ1v) is 14.1. The molecular formula is C25H42O3Si. The van der Waals surface area contributed by atoms with Gasteiger partial charge in [-0.2, -0.15) is 0 Å². The molecule has 0 N–H and O–H groups in total. The highest BCUT2D eigenvalue weighted by molar-refractivity contribution is 6.73. The second kappa shape index (κ2) is 14.6. The summed E-state index contributed by atoms with van der Waals surface area (Å²) < 4.78 is 12.0. The van der Waals surface area contributed by atoms with E-state index in [4.69, 9.17) is 9.16 Å². The molecule has 1 atom stereocenters. The lowest BCUT2D eigenvalue weighted by Gasteiger charge is -2.34. The summed E-state index contributed by atoms with van der Waals surface area (Å²) in [4.78, 5) is 12.7. The summed E-state index contributed by atoms with van der Waals surface area (Å²) in [6, 6.07) is 13.3. The molecule has 0 spiro atoms. The van der Waals surface area contributed by atoms with Gasteiger partial charge < -0.3 is 9.16 Å². The van der Waals surface area contributed by atoms with Crippen molar-refractivity contribution in [1.29, 1.82) is 0 Å². The van der Waals surface area contributed by atoms with Crippen LogP contribution in [0.1, 0.15) is 84.3 Å². The van der Waals surface area contributed by atoms with Gasteiger partial charge in [0, 0.05) is 0 Å². The fraction of sp³-hybridized carbons (Fsp3) is 0.640. The summed E-state index contributed by atoms with van der Waals surface area (Å²) in [5.74, 6) is -0.268.